The molecule has 1 unspecified atom stereocenters. The number of hydrogen-bond donors (Lipinski definition) is 5. The van der Waals surface area contributed by atoms with Crippen LogP contribution in [0.2, 0.25) is 0 Å². The van der Waals surface area contributed by atoms with Crippen LogP contribution in [0.15, 0.2) is 0 Å². The Labute approximate surface area is 309 Å². The van der Waals surface area contributed by atoms with Gasteiger partial charge in [0.1, 0.15) is 18.7 Å². The Kier molecular flexibility index (Phi) is 13.3. The van der Waals surface area contributed by atoms with Crippen molar-refractivity contribution in [1.82, 2.24) is 31.5 Å². The van der Waals surface area contributed by atoms with E-state index in [4.69, 9.17) is 11.2 Å². The minimum Gasteiger partial charge on any atom is -0.447 e. The third-order valence-corrected chi connectivity index (χ3v) is 11.9. The van der Waals surface area contributed by atoms with Gasteiger partial charge in [0.2, 0.25) is 17.6 Å². The quantitative estimate of drug-likeness (QED) is 0.119. The molecule has 0 radical (unpaired) electrons. The van der Waals surface area contributed by atoms with E-state index in [0.717, 1.165) is 44.9 Å². The van der Waals surface area contributed by atoms with Crippen molar-refractivity contribution in [2.24, 2.45) is 34.0 Å². The van der Waals surface area contributed by atoms with Gasteiger partial charge < -0.3 is 36.2 Å². The zero-order valence-corrected chi connectivity index (χ0v) is 32.3. The van der Waals surface area contributed by atoms with Gasteiger partial charge in [-0.2, -0.15) is 0 Å². The molecule has 13 nitrogen and oxygen atoms in total. The topological polar surface area (TPSA) is 175 Å². The van der Waals surface area contributed by atoms with Crippen LogP contribution in [0.3, 0.4) is 0 Å². The molecular weight excluding hydrogens is 664 g/mol. The molecule has 290 valence electrons. The van der Waals surface area contributed by atoms with Crippen LogP contribution in [0.4, 0.5) is 9.59 Å². The molecule has 6 amide bonds. The van der Waals surface area contributed by atoms with Gasteiger partial charge in [0.15, 0.2) is 0 Å². The molecule has 4 aliphatic rings. The van der Waals surface area contributed by atoms with E-state index in [2.05, 4.69) is 46.4 Å². The van der Waals surface area contributed by atoms with Gasteiger partial charge in [-0.25, -0.2) is 9.59 Å². The number of carbonyl (C=O) groups excluding carboxylic acids is 6. The maximum absolute atomic E-state index is 14.8. The molecule has 3 saturated carbocycles. The van der Waals surface area contributed by atoms with Gasteiger partial charge in [-0.3, -0.25) is 19.2 Å². The van der Waals surface area contributed by atoms with Crippen LogP contribution in [0.25, 0.3) is 0 Å². The number of amides is 6. The Balaban J connectivity index is 1.53. The number of alkyl carbamates (subject to hydrolysis) is 1. The fourth-order valence-electron chi connectivity index (χ4n) is 8.00. The van der Waals surface area contributed by atoms with E-state index in [-0.39, 0.29) is 42.6 Å². The SMILES string of the molecule is C#CCCC(NC(=O)[C@@H]1[C@@H]2[C@H](CN1C(=O)[C@@H](NC(=O)N[C@H](COC(=O)NCC1CC1)C(C)(C)C)C1(C)CCCCC1)C2(C)C)C(=O)C(=O)NCCC. The van der Waals surface area contributed by atoms with Crippen molar-refractivity contribution in [2.45, 2.75) is 137 Å². The highest BCUT2D eigenvalue weighted by molar-refractivity contribution is 6.38. The average molecular weight is 727 g/mol. The molecule has 0 bridgehead atoms. The first-order valence-electron chi connectivity index (χ1n) is 19.3. The Morgan fingerprint density at radius 1 is 0.962 bits per heavy atom. The van der Waals surface area contributed by atoms with E-state index < -0.39 is 64.7 Å². The highest BCUT2D eigenvalue weighted by Gasteiger charge is 2.70. The van der Waals surface area contributed by atoms with Gasteiger partial charge in [0, 0.05) is 26.1 Å². The molecule has 4 fully saturated rings. The number of urea groups is 1. The summed E-state index contributed by atoms with van der Waals surface area (Å²) in [6, 6.07) is -4.08. The number of ether oxygens (including phenoxy) is 1. The molecule has 0 spiro atoms. The third-order valence-electron chi connectivity index (χ3n) is 11.9. The highest BCUT2D eigenvalue weighted by Crippen LogP contribution is 2.65. The largest absolute Gasteiger partial charge is 0.447 e. The van der Waals surface area contributed by atoms with Crippen molar-refractivity contribution >= 4 is 35.6 Å². The molecular formula is C39H62N6O7. The van der Waals surface area contributed by atoms with Gasteiger partial charge in [0.05, 0.1) is 12.1 Å². The lowest BCUT2D eigenvalue weighted by atomic mass is 9.70. The van der Waals surface area contributed by atoms with Crippen LogP contribution in [-0.4, -0.2) is 90.9 Å². The second kappa shape index (κ2) is 16.9. The number of Topliss-reactive ketones (excluding diaryl/α,β-unsaturated/α-hetero) is 1. The van der Waals surface area contributed by atoms with E-state index in [9.17, 15) is 28.8 Å². The number of likely N-dealkylation sites (tertiary alicyclic amines) is 1. The summed E-state index contributed by atoms with van der Waals surface area (Å²) >= 11 is 0. The maximum atomic E-state index is 14.8. The third kappa shape index (κ3) is 9.98. The number of fused-ring (bicyclic) bond motifs is 1. The molecule has 1 aliphatic heterocycles. The van der Waals surface area contributed by atoms with Crippen molar-refractivity contribution in [3.05, 3.63) is 0 Å². The second-order valence-electron chi connectivity index (χ2n) is 17.4. The van der Waals surface area contributed by atoms with E-state index in [1.807, 2.05) is 34.6 Å². The lowest BCUT2D eigenvalue weighted by Crippen LogP contribution is -2.63. The van der Waals surface area contributed by atoms with Crippen LogP contribution in [0.1, 0.15) is 113 Å². The summed E-state index contributed by atoms with van der Waals surface area (Å²) in [5.41, 5.74) is -1.27. The molecule has 0 aromatic rings. The predicted molar refractivity (Wildman–Crippen MR) is 197 cm³/mol. The van der Waals surface area contributed by atoms with Crippen molar-refractivity contribution in [3.63, 3.8) is 0 Å². The molecule has 52 heavy (non-hydrogen) atoms. The second-order valence-corrected chi connectivity index (χ2v) is 17.4. The number of hydrogen-bond acceptors (Lipinski definition) is 7. The number of nitrogens with one attached hydrogen (secondary N) is 5. The van der Waals surface area contributed by atoms with Gasteiger partial charge in [-0.1, -0.05) is 67.7 Å². The van der Waals surface area contributed by atoms with Gasteiger partial charge in [-0.15, -0.1) is 12.3 Å². The molecule has 3 aliphatic carbocycles. The zero-order valence-electron chi connectivity index (χ0n) is 32.3. The first-order chi connectivity index (χ1) is 24.4. The first kappa shape index (κ1) is 40.9. The Bertz CT molecular complexity index is 1390. The summed E-state index contributed by atoms with van der Waals surface area (Å²) in [4.78, 5) is 82.5. The lowest BCUT2D eigenvalue weighted by Gasteiger charge is -2.43. The van der Waals surface area contributed by atoms with Gasteiger partial charge in [0.25, 0.3) is 5.91 Å². The molecule has 5 N–H and O–H groups in total. The number of terminal acetylenes is 1. The van der Waals surface area contributed by atoms with Crippen molar-refractivity contribution in [3.8, 4) is 12.3 Å². The van der Waals surface area contributed by atoms with Crippen LogP contribution < -0.4 is 26.6 Å². The molecule has 0 aromatic heterocycles. The number of nitrogens with zero attached hydrogens (tertiary/aromatic N) is 1. The molecule has 4 rings (SSSR count). The number of ketones is 1. The maximum Gasteiger partial charge on any atom is 0.407 e. The van der Waals surface area contributed by atoms with E-state index in [0.29, 0.717) is 32.0 Å². The molecule has 13 heteroatoms. The number of piperidine rings is 1. The van der Waals surface area contributed by atoms with Crippen LogP contribution in [0.5, 0.6) is 0 Å². The first-order valence-corrected chi connectivity index (χ1v) is 19.3. The normalized spacial score (nSPS) is 24.5. The molecule has 1 heterocycles. The summed E-state index contributed by atoms with van der Waals surface area (Å²) in [5.74, 6) is 0.465. The minimum absolute atomic E-state index is 0.0495. The number of carbonyl (C=O) groups is 6. The number of rotatable bonds is 16. The summed E-state index contributed by atoms with van der Waals surface area (Å²) in [6.45, 7) is 15.0. The highest BCUT2D eigenvalue weighted by atomic mass is 16.5. The molecule has 1 saturated heterocycles. The van der Waals surface area contributed by atoms with Crippen LogP contribution >= 0.6 is 0 Å². The van der Waals surface area contributed by atoms with Crippen LogP contribution in [-0.2, 0) is 23.9 Å². The predicted octanol–water partition coefficient (Wildman–Crippen LogP) is 3.65. The standard InChI is InChI=1S/C39H62N6O7/c1-9-11-15-26(30(46)33(48)40-20-10-2)42-32(47)29-28-25(38(28,6)7)22-45(29)34(49)31(39(8)18-13-12-14-19-39)44-35(50)43-27(37(3,4)5)23-52-36(51)41-21-24-16-17-24/h1,24-29,31H,10-23H2,2-8H3,(H,40,48)(H,41,51)(H,42,47)(H2,43,44,50)/t25-,26?,27+,28-,29-,31+/m0/s1. The fourth-order valence-corrected chi connectivity index (χ4v) is 8.00. The smallest absolute Gasteiger partial charge is 0.407 e. The van der Waals surface area contributed by atoms with Crippen molar-refractivity contribution < 1.29 is 33.5 Å². The Morgan fingerprint density at radius 2 is 1.63 bits per heavy atom. The monoisotopic (exact) mass is 726 g/mol. The van der Waals surface area contributed by atoms with E-state index >= 15 is 0 Å². The fraction of sp³-hybridized carbons (Fsp3) is 0.795. The van der Waals surface area contributed by atoms with Crippen LogP contribution in [0, 0.1) is 46.3 Å². The van der Waals surface area contributed by atoms with Crippen molar-refractivity contribution in [2.75, 3.05) is 26.2 Å². The zero-order chi connectivity index (χ0) is 38.4. The summed E-state index contributed by atoms with van der Waals surface area (Å²) in [7, 11) is 0. The molecule has 6 atom stereocenters. The van der Waals surface area contributed by atoms with Gasteiger partial charge >= 0.3 is 12.1 Å². The Hall–Kier alpha value is -3.82. The van der Waals surface area contributed by atoms with E-state index in [1.54, 1.807) is 4.90 Å². The summed E-state index contributed by atoms with van der Waals surface area (Å²) < 4.78 is 5.49. The van der Waals surface area contributed by atoms with E-state index in [1.165, 1.54) is 0 Å². The Morgan fingerprint density at radius 3 is 2.23 bits per heavy atom. The summed E-state index contributed by atoms with van der Waals surface area (Å²) in [6.07, 6.45) is 12.3. The lowest BCUT2D eigenvalue weighted by molar-refractivity contribution is -0.146. The van der Waals surface area contributed by atoms with Gasteiger partial charge in [-0.05, 0) is 72.5 Å². The molecule has 0 aromatic carbocycles. The summed E-state index contributed by atoms with van der Waals surface area (Å²) in [5, 5.41) is 14.1. The van der Waals surface area contributed by atoms with Crippen molar-refractivity contribution in [1.29, 1.82) is 0 Å². The average Bonchev–Trinajstić information content (AvgIpc) is 3.96. The minimum atomic E-state index is -1.14.